The van der Waals surface area contributed by atoms with Gasteiger partial charge >= 0.3 is 0 Å². The number of rotatable bonds is 5. The van der Waals surface area contributed by atoms with E-state index in [1.54, 1.807) is 12.4 Å². The number of halogens is 1. The lowest BCUT2D eigenvalue weighted by Crippen LogP contribution is -2.38. The summed E-state index contributed by atoms with van der Waals surface area (Å²) in [7, 11) is 0. The minimum atomic E-state index is 0.347. The second kappa shape index (κ2) is 6.87. The van der Waals surface area contributed by atoms with E-state index in [2.05, 4.69) is 14.9 Å². The zero-order valence-electron chi connectivity index (χ0n) is 10.4. The molecule has 100 valence electrons. The van der Waals surface area contributed by atoms with Crippen molar-refractivity contribution in [3.05, 3.63) is 17.4 Å². The minimum absolute atomic E-state index is 0.347. The van der Waals surface area contributed by atoms with E-state index in [9.17, 15) is 0 Å². The number of hydrogen-bond donors (Lipinski definition) is 1. The second-order valence-corrected chi connectivity index (χ2v) is 4.84. The van der Waals surface area contributed by atoms with Crippen LogP contribution in [0.15, 0.2) is 12.4 Å². The lowest BCUT2D eigenvalue weighted by molar-refractivity contribution is 0.0364. The molecule has 0 bridgehead atoms. The summed E-state index contributed by atoms with van der Waals surface area (Å²) in [6, 6.07) is 0. The monoisotopic (exact) mass is 270 g/mol. The van der Waals surface area contributed by atoms with Crippen molar-refractivity contribution in [2.75, 3.05) is 31.1 Å². The SMILES string of the molecule is NCCCOC1CCN(c2ncc(Cl)cn2)CC1. The van der Waals surface area contributed by atoms with Crippen LogP contribution < -0.4 is 10.6 Å². The van der Waals surface area contributed by atoms with Crippen LogP contribution in [0.1, 0.15) is 19.3 Å². The quantitative estimate of drug-likeness (QED) is 0.821. The van der Waals surface area contributed by atoms with Gasteiger partial charge < -0.3 is 15.4 Å². The number of nitrogens with two attached hydrogens (primary N) is 1. The molecule has 0 radical (unpaired) electrons. The average molecular weight is 271 g/mol. The Hall–Kier alpha value is -0.910. The molecular weight excluding hydrogens is 252 g/mol. The van der Waals surface area contributed by atoms with Gasteiger partial charge in [0.15, 0.2) is 0 Å². The van der Waals surface area contributed by atoms with E-state index in [4.69, 9.17) is 22.1 Å². The number of ether oxygens (including phenoxy) is 1. The molecule has 1 aromatic rings. The Bertz CT molecular complexity index is 352. The van der Waals surface area contributed by atoms with E-state index in [0.717, 1.165) is 44.9 Å². The Kier molecular flexibility index (Phi) is 5.16. The summed E-state index contributed by atoms with van der Waals surface area (Å²) in [6.45, 7) is 3.31. The Morgan fingerprint density at radius 2 is 2.00 bits per heavy atom. The van der Waals surface area contributed by atoms with Gasteiger partial charge in [-0.3, -0.25) is 0 Å². The number of nitrogens with zero attached hydrogens (tertiary/aromatic N) is 3. The Morgan fingerprint density at radius 3 is 2.61 bits per heavy atom. The molecular formula is C12H19ClN4O. The fourth-order valence-corrected chi connectivity index (χ4v) is 2.12. The maximum absolute atomic E-state index is 5.77. The lowest BCUT2D eigenvalue weighted by Gasteiger charge is -2.31. The summed E-state index contributed by atoms with van der Waals surface area (Å²) in [4.78, 5) is 10.6. The standard InChI is InChI=1S/C12H19ClN4O/c13-10-8-15-12(16-9-10)17-5-2-11(3-6-17)18-7-1-4-14/h8-9,11H,1-7,14H2. The number of aromatic nitrogens is 2. The van der Waals surface area contributed by atoms with Gasteiger partial charge in [0.1, 0.15) is 0 Å². The van der Waals surface area contributed by atoms with Crippen molar-refractivity contribution in [3.8, 4) is 0 Å². The predicted molar refractivity (Wildman–Crippen MR) is 71.9 cm³/mol. The molecule has 5 nitrogen and oxygen atoms in total. The Balaban J connectivity index is 1.77. The van der Waals surface area contributed by atoms with Gasteiger partial charge in [0, 0.05) is 19.7 Å². The Labute approximate surface area is 112 Å². The third-order valence-electron chi connectivity index (χ3n) is 3.03. The highest BCUT2D eigenvalue weighted by Gasteiger charge is 2.21. The fraction of sp³-hybridized carbons (Fsp3) is 0.667. The summed E-state index contributed by atoms with van der Waals surface area (Å²) in [5, 5.41) is 0.568. The third kappa shape index (κ3) is 3.80. The summed E-state index contributed by atoms with van der Waals surface area (Å²) >= 11 is 5.77. The van der Waals surface area contributed by atoms with E-state index in [-0.39, 0.29) is 0 Å². The summed E-state index contributed by atoms with van der Waals surface area (Å²) in [6.07, 6.45) is 6.56. The molecule has 1 aromatic heterocycles. The van der Waals surface area contributed by atoms with E-state index in [1.807, 2.05) is 0 Å². The van der Waals surface area contributed by atoms with Gasteiger partial charge in [-0.15, -0.1) is 0 Å². The molecule has 0 amide bonds. The van der Waals surface area contributed by atoms with E-state index < -0.39 is 0 Å². The van der Waals surface area contributed by atoms with Gasteiger partial charge in [-0.25, -0.2) is 9.97 Å². The Morgan fingerprint density at radius 1 is 1.33 bits per heavy atom. The molecule has 0 aromatic carbocycles. The van der Waals surface area contributed by atoms with Crippen LogP contribution in [0.5, 0.6) is 0 Å². The average Bonchev–Trinajstić information content (AvgIpc) is 2.41. The molecule has 2 heterocycles. The van der Waals surface area contributed by atoms with E-state index in [1.165, 1.54) is 0 Å². The van der Waals surface area contributed by atoms with Gasteiger partial charge in [-0.2, -0.15) is 0 Å². The molecule has 0 aliphatic carbocycles. The molecule has 0 unspecified atom stereocenters. The second-order valence-electron chi connectivity index (χ2n) is 4.40. The fourth-order valence-electron chi connectivity index (χ4n) is 2.02. The van der Waals surface area contributed by atoms with Crippen LogP contribution in [-0.4, -0.2) is 42.3 Å². The van der Waals surface area contributed by atoms with Crippen molar-refractivity contribution in [2.45, 2.75) is 25.4 Å². The summed E-state index contributed by atoms with van der Waals surface area (Å²) < 4.78 is 5.76. The number of anilines is 1. The molecule has 0 atom stereocenters. The first-order valence-corrected chi connectivity index (χ1v) is 6.71. The van der Waals surface area contributed by atoms with Crippen LogP contribution in [0.3, 0.4) is 0 Å². The molecule has 2 N–H and O–H groups in total. The largest absolute Gasteiger partial charge is 0.378 e. The highest BCUT2D eigenvalue weighted by molar-refractivity contribution is 6.30. The highest BCUT2D eigenvalue weighted by Crippen LogP contribution is 2.18. The van der Waals surface area contributed by atoms with Gasteiger partial charge in [0.05, 0.1) is 23.5 Å². The van der Waals surface area contributed by atoms with Crippen LogP contribution >= 0.6 is 11.6 Å². The predicted octanol–water partition coefficient (Wildman–Crippen LogP) is 1.46. The summed E-state index contributed by atoms with van der Waals surface area (Å²) in [5.74, 6) is 0.750. The molecule has 1 fully saturated rings. The van der Waals surface area contributed by atoms with Crippen LogP contribution in [0, 0.1) is 0 Å². The van der Waals surface area contributed by atoms with E-state index >= 15 is 0 Å². The summed E-state index contributed by atoms with van der Waals surface area (Å²) in [5.41, 5.74) is 5.44. The lowest BCUT2D eigenvalue weighted by atomic mass is 10.1. The van der Waals surface area contributed by atoms with Gasteiger partial charge in [-0.1, -0.05) is 11.6 Å². The van der Waals surface area contributed by atoms with Crippen molar-refractivity contribution >= 4 is 17.5 Å². The van der Waals surface area contributed by atoms with Crippen molar-refractivity contribution in [3.63, 3.8) is 0 Å². The maximum Gasteiger partial charge on any atom is 0.225 e. The molecule has 0 saturated carbocycles. The van der Waals surface area contributed by atoms with Gasteiger partial charge in [-0.05, 0) is 25.8 Å². The highest BCUT2D eigenvalue weighted by atomic mass is 35.5. The first-order chi connectivity index (χ1) is 8.79. The molecule has 0 spiro atoms. The minimum Gasteiger partial charge on any atom is -0.378 e. The van der Waals surface area contributed by atoms with Crippen LogP contribution in [0.2, 0.25) is 5.02 Å². The van der Waals surface area contributed by atoms with Crippen LogP contribution in [0.25, 0.3) is 0 Å². The van der Waals surface area contributed by atoms with Gasteiger partial charge in [0.2, 0.25) is 5.95 Å². The van der Waals surface area contributed by atoms with Crippen molar-refractivity contribution in [1.29, 1.82) is 0 Å². The van der Waals surface area contributed by atoms with E-state index in [0.29, 0.717) is 17.7 Å². The first kappa shape index (κ1) is 13.5. The number of hydrogen-bond acceptors (Lipinski definition) is 5. The molecule has 6 heteroatoms. The zero-order valence-corrected chi connectivity index (χ0v) is 11.1. The molecule has 18 heavy (non-hydrogen) atoms. The zero-order chi connectivity index (χ0) is 12.8. The molecule has 1 aliphatic heterocycles. The molecule has 1 aliphatic rings. The maximum atomic E-state index is 5.77. The molecule has 2 rings (SSSR count). The van der Waals surface area contributed by atoms with Crippen molar-refractivity contribution in [1.82, 2.24) is 9.97 Å². The van der Waals surface area contributed by atoms with Gasteiger partial charge in [0.25, 0.3) is 0 Å². The van der Waals surface area contributed by atoms with Crippen LogP contribution in [-0.2, 0) is 4.74 Å². The normalized spacial score (nSPS) is 17.1. The van der Waals surface area contributed by atoms with Crippen LogP contribution in [0.4, 0.5) is 5.95 Å². The first-order valence-electron chi connectivity index (χ1n) is 6.34. The topological polar surface area (TPSA) is 64.3 Å². The number of piperidine rings is 1. The van der Waals surface area contributed by atoms with Crippen molar-refractivity contribution in [2.24, 2.45) is 5.73 Å². The smallest absolute Gasteiger partial charge is 0.225 e. The molecule has 1 saturated heterocycles. The third-order valence-corrected chi connectivity index (χ3v) is 3.23. The van der Waals surface area contributed by atoms with Crippen molar-refractivity contribution < 1.29 is 4.74 Å².